The number of carbonyl (C=O) groups is 1. The first-order valence-electron chi connectivity index (χ1n) is 7.84. The monoisotopic (exact) mass is 338 g/mol. The summed E-state index contributed by atoms with van der Waals surface area (Å²) in [7, 11) is -3.13. The van der Waals surface area contributed by atoms with Gasteiger partial charge in [0, 0.05) is 18.0 Å². The largest absolute Gasteiger partial charge is 0.335 e. The molecular formula is C14H24F2N2O3S. The van der Waals surface area contributed by atoms with Gasteiger partial charge in [0.2, 0.25) is 6.43 Å². The van der Waals surface area contributed by atoms with E-state index in [4.69, 9.17) is 0 Å². The molecule has 22 heavy (non-hydrogen) atoms. The van der Waals surface area contributed by atoms with Crippen LogP contribution in [-0.4, -0.2) is 44.0 Å². The second-order valence-corrected chi connectivity index (χ2v) is 8.94. The van der Waals surface area contributed by atoms with Gasteiger partial charge in [0.1, 0.15) is 0 Å². The van der Waals surface area contributed by atoms with E-state index in [0.717, 1.165) is 0 Å². The van der Waals surface area contributed by atoms with Gasteiger partial charge in [0.15, 0.2) is 9.84 Å². The van der Waals surface area contributed by atoms with E-state index in [-0.39, 0.29) is 23.1 Å². The summed E-state index contributed by atoms with van der Waals surface area (Å²) >= 11 is 0. The van der Waals surface area contributed by atoms with Crippen molar-refractivity contribution in [1.29, 1.82) is 0 Å². The van der Waals surface area contributed by atoms with Crippen LogP contribution in [-0.2, 0) is 9.84 Å². The summed E-state index contributed by atoms with van der Waals surface area (Å²) in [5.74, 6) is -0.592. The third-order valence-electron chi connectivity index (χ3n) is 4.77. The lowest BCUT2D eigenvalue weighted by atomic mass is 9.86. The van der Waals surface area contributed by atoms with E-state index < -0.39 is 28.2 Å². The lowest BCUT2D eigenvalue weighted by Gasteiger charge is -2.30. The molecule has 1 aliphatic carbocycles. The molecule has 0 spiro atoms. The van der Waals surface area contributed by atoms with Crippen molar-refractivity contribution in [2.45, 2.75) is 69.2 Å². The third kappa shape index (κ3) is 4.54. The second kappa shape index (κ2) is 7.10. The van der Waals surface area contributed by atoms with E-state index in [2.05, 4.69) is 10.6 Å². The predicted molar refractivity (Wildman–Crippen MR) is 79.7 cm³/mol. The van der Waals surface area contributed by atoms with Crippen LogP contribution in [0.4, 0.5) is 13.6 Å². The predicted octanol–water partition coefficient (Wildman–Crippen LogP) is 2.08. The molecule has 2 unspecified atom stereocenters. The highest BCUT2D eigenvalue weighted by atomic mass is 32.2. The summed E-state index contributed by atoms with van der Waals surface area (Å²) in [6, 6.07) is -0.858. The summed E-state index contributed by atoms with van der Waals surface area (Å²) in [5, 5.41) is 5.12. The average molecular weight is 338 g/mol. The molecule has 0 bridgehead atoms. The molecule has 1 aliphatic heterocycles. The average Bonchev–Trinajstić information content (AvgIpc) is 2.43. The molecule has 2 aliphatic rings. The Hall–Kier alpha value is -0.920. The van der Waals surface area contributed by atoms with Crippen molar-refractivity contribution in [2.75, 3.05) is 5.75 Å². The lowest BCUT2D eigenvalue weighted by molar-refractivity contribution is 0.0515. The van der Waals surface area contributed by atoms with Gasteiger partial charge in [-0.05, 0) is 45.4 Å². The molecule has 1 saturated heterocycles. The lowest BCUT2D eigenvalue weighted by Crippen LogP contribution is -2.51. The van der Waals surface area contributed by atoms with Gasteiger partial charge in [-0.3, -0.25) is 0 Å². The van der Waals surface area contributed by atoms with Crippen LogP contribution in [0.15, 0.2) is 0 Å². The zero-order valence-electron chi connectivity index (χ0n) is 12.7. The Morgan fingerprint density at radius 2 is 1.55 bits per heavy atom. The van der Waals surface area contributed by atoms with Crippen molar-refractivity contribution in [3.05, 3.63) is 0 Å². The summed E-state index contributed by atoms with van der Waals surface area (Å²) < 4.78 is 48.8. The number of urea groups is 1. The highest BCUT2D eigenvalue weighted by Crippen LogP contribution is 2.29. The first-order valence-corrected chi connectivity index (χ1v) is 9.56. The molecule has 5 nitrogen and oxygen atoms in total. The molecule has 8 heteroatoms. The SMILES string of the molecule is CC1CCC(NC(=O)NC2CCC(C(F)F)CC2)CS1(=O)=O. The van der Waals surface area contributed by atoms with Gasteiger partial charge in [-0.15, -0.1) is 0 Å². The molecule has 0 radical (unpaired) electrons. The van der Waals surface area contributed by atoms with E-state index in [0.29, 0.717) is 38.5 Å². The van der Waals surface area contributed by atoms with Crippen LogP contribution in [0.1, 0.15) is 45.4 Å². The minimum atomic E-state index is -3.13. The molecule has 1 saturated carbocycles. The quantitative estimate of drug-likeness (QED) is 0.827. The number of alkyl halides is 2. The van der Waals surface area contributed by atoms with E-state index in [1.165, 1.54) is 0 Å². The third-order valence-corrected chi connectivity index (χ3v) is 7.10. The Kier molecular flexibility index (Phi) is 5.63. The number of nitrogens with one attached hydrogen (secondary N) is 2. The van der Waals surface area contributed by atoms with Crippen LogP contribution in [0, 0.1) is 5.92 Å². The molecule has 2 fully saturated rings. The first-order chi connectivity index (χ1) is 10.3. The zero-order chi connectivity index (χ0) is 16.3. The normalized spacial score (nSPS) is 35.1. The molecular weight excluding hydrogens is 314 g/mol. The van der Waals surface area contributed by atoms with Crippen molar-refractivity contribution in [1.82, 2.24) is 10.6 Å². The van der Waals surface area contributed by atoms with E-state index in [9.17, 15) is 22.0 Å². The van der Waals surface area contributed by atoms with Gasteiger partial charge in [-0.2, -0.15) is 0 Å². The first kappa shape index (κ1) is 17.4. The van der Waals surface area contributed by atoms with Crippen LogP contribution >= 0.6 is 0 Å². The number of carbonyl (C=O) groups excluding carboxylic acids is 1. The van der Waals surface area contributed by atoms with Crippen LogP contribution < -0.4 is 10.6 Å². The van der Waals surface area contributed by atoms with Crippen molar-refractivity contribution in [3.63, 3.8) is 0 Å². The highest BCUT2D eigenvalue weighted by molar-refractivity contribution is 7.92. The second-order valence-electron chi connectivity index (χ2n) is 6.48. The number of halogens is 2. The van der Waals surface area contributed by atoms with E-state index >= 15 is 0 Å². The standard InChI is InChI=1S/C14H24F2N2O3S/c1-9-2-5-12(8-22(9,20)21)18-14(19)17-11-6-3-10(4-7-11)13(15)16/h9-13H,2-8H2,1H3,(H2,17,18,19). The Morgan fingerprint density at radius 1 is 1.00 bits per heavy atom. The Bertz CT molecular complexity index is 490. The van der Waals surface area contributed by atoms with Crippen molar-refractivity contribution in [2.24, 2.45) is 5.92 Å². The Balaban J connectivity index is 1.75. The van der Waals surface area contributed by atoms with Crippen LogP contribution in [0.25, 0.3) is 0 Å². The number of rotatable bonds is 3. The van der Waals surface area contributed by atoms with Gasteiger partial charge in [-0.25, -0.2) is 22.0 Å². The van der Waals surface area contributed by atoms with Gasteiger partial charge in [-0.1, -0.05) is 0 Å². The van der Waals surface area contributed by atoms with Gasteiger partial charge >= 0.3 is 6.03 Å². The fourth-order valence-corrected chi connectivity index (χ4v) is 4.82. The number of hydrogen-bond acceptors (Lipinski definition) is 3. The molecule has 2 atom stereocenters. The van der Waals surface area contributed by atoms with Gasteiger partial charge in [0.05, 0.1) is 11.0 Å². The molecule has 0 aromatic rings. The fraction of sp³-hybridized carbons (Fsp3) is 0.929. The molecule has 128 valence electrons. The van der Waals surface area contributed by atoms with Crippen LogP contribution in [0.2, 0.25) is 0 Å². The van der Waals surface area contributed by atoms with Crippen molar-refractivity contribution in [3.8, 4) is 0 Å². The van der Waals surface area contributed by atoms with Gasteiger partial charge < -0.3 is 10.6 Å². The maximum Gasteiger partial charge on any atom is 0.315 e. The number of amides is 2. The zero-order valence-corrected chi connectivity index (χ0v) is 13.5. The summed E-state index contributed by atoms with van der Waals surface area (Å²) in [6.45, 7) is 1.69. The fourth-order valence-electron chi connectivity index (χ4n) is 3.19. The molecule has 1 heterocycles. The van der Waals surface area contributed by atoms with Crippen LogP contribution in [0.5, 0.6) is 0 Å². The minimum absolute atomic E-state index is 0.0281. The van der Waals surface area contributed by atoms with Crippen molar-refractivity contribution < 1.29 is 22.0 Å². The number of hydrogen-bond donors (Lipinski definition) is 2. The summed E-state index contributed by atoms with van der Waals surface area (Å²) in [6.07, 6.45) is 0.823. The van der Waals surface area contributed by atoms with E-state index in [1.54, 1.807) is 6.92 Å². The summed E-state index contributed by atoms with van der Waals surface area (Å²) in [4.78, 5) is 11.9. The number of sulfone groups is 1. The maximum absolute atomic E-state index is 12.6. The molecule has 0 aromatic heterocycles. The molecule has 2 rings (SSSR count). The maximum atomic E-state index is 12.6. The van der Waals surface area contributed by atoms with Gasteiger partial charge in [0.25, 0.3) is 0 Å². The highest BCUT2D eigenvalue weighted by Gasteiger charge is 2.33. The topological polar surface area (TPSA) is 75.3 Å². The smallest absolute Gasteiger partial charge is 0.315 e. The van der Waals surface area contributed by atoms with E-state index in [1.807, 2.05) is 0 Å². The van der Waals surface area contributed by atoms with Crippen LogP contribution in [0.3, 0.4) is 0 Å². The molecule has 0 aromatic carbocycles. The molecule has 2 amide bonds. The Labute approximate surface area is 130 Å². The van der Waals surface area contributed by atoms with Crippen molar-refractivity contribution >= 4 is 15.9 Å². The minimum Gasteiger partial charge on any atom is -0.335 e. The molecule has 2 N–H and O–H groups in total. The summed E-state index contributed by atoms with van der Waals surface area (Å²) in [5.41, 5.74) is 0. The Morgan fingerprint density at radius 3 is 2.09 bits per heavy atom.